The Balaban J connectivity index is 1.49. The summed E-state index contributed by atoms with van der Waals surface area (Å²) in [6.45, 7) is 8.97. The number of anilines is 1. The van der Waals surface area contributed by atoms with Gasteiger partial charge in [-0.3, -0.25) is 30.6 Å². The topological polar surface area (TPSA) is 109 Å². The van der Waals surface area contributed by atoms with Crippen molar-refractivity contribution in [2.75, 3.05) is 11.9 Å². The van der Waals surface area contributed by atoms with Crippen LogP contribution in [0.2, 0.25) is 0 Å². The number of amides is 3. The van der Waals surface area contributed by atoms with Crippen LogP contribution in [-0.2, 0) is 5.41 Å². The molecule has 0 aromatic heterocycles. The van der Waals surface area contributed by atoms with Gasteiger partial charge in [0.2, 0.25) is 0 Å². The molecule has 0 heterocycles. The van der Waals surface area contributed by atoms with E-state index in [4.69, 9.17) is 17.0 Å². The number of thiocarbonyl (C=S) groups is 1. The maximum Gasteiger partial charge on any atom is 0.269 e. The number of unbranched alkanes of at least 4 members (excludes halogenated alkanes) is 2. The van der Waals surface area contributed by atoms with Crippen LogP contribution < -0.4 is 26.2 Å². The third-order valence-corrected chi connectivity index (χ3v) is 6.28. The fourth-order valence-electron chi connectivity index (χ4n) is 3.73. The number of carbonyl (C=O) groups excluding carboxylic acids is 3. The maximum atomic E-state index is 12.7. The third kappa shape index (κ3) is 8.91. The van der Waals surface area contributed by atoms with Crippen LogP contribution in [0.1, 0.15) is 83.6 Å². The summed E-state index contributed by atoms with van der Waals surface area (Å²) in [4.78, 5) is 37.9. The fourth-order valence-corrected chi connectivity index (χ4v) is 3.88. The van der Waals surface area contributed by atoms with Gasteiger partial charge in [-0.25, -0.2) is 0 Å². The molecule has 0 aliphatic carbocycles. The Morgan fingerprint density at radius 2 is 1.40 bits per heavy atom. The van der Waals surface area contributed by atoms with Crippen molar-refractivity contribution in [3.63, 3.8) is 0 Å². The SMILES string of the molecule is CCCCCOc1ccccc1C(=O)NC(=S)NNC(=O)c1ccc(NC(=O)c2ccc(C(C)(C)C)cc2)cc1. The van der Waals surface area contributed by atoms with Crippen molar-refractivity contribution in [1.29, 1.82) is 0 Å². The molecule has 0 spiro atoms. The Labute approximate surface area is 240 Å². The van der Waals surface area contributed by atoms with E-state index in [0.717, 1.165) is 24.8 Å². The number of rotatable bonds is 9. The van der Waals surface area contributed by atoms with E-state index in [1.807, 2.05) is 12.1 Å². The van der Waals surface area contributed by atoms with Crippen LogP contribution >= 0.6 is 12.2 Å². The molecule has 210 valence electrons. The molecule has 0 radical (unpaired) electrons. The van der Waals surface area contributed by atoms with E-state index in [-0.39, 0.29) is 16.4 Å². The molecular weight excluding hydrogens is 524 g/mol. The molecule has 4 N–H and O–H groups in total. The zero-order valence-electron chi connectivity index (χ0n) is 23.3. The molecule has 3 rings (SSSR count). The predicted molar refractivity (Wildman–Crippen MR) is 162 cm³/mol. The maximum absolute atomic E-state index is 12.7. The molecule has 3 amide bonds. The zero-order valence-corrected chi connectivity index (χ0v) is 24.1. The van der Waals surface area contributed by atoms with E-state index >= 15 is 0 Å². The van der Waals surface area contributed by atoms with Crippen LogP contribution in [0, 0.1) is 0 Å². The van der Waals surface area contributed by atoms with Crippen LogP contribution in [0.4, 0.5) is 5.69 Å². The minimum absolute atomic E-state index is 0.00351. The summed E-state index contributed by atoms with van der Waals surface area (Å²) in [7, 11) is 0. The van der Waals surface area contributed by atoms with Crippen molar-refractivity contribution in [2.45, 2.75) is 52.4 Å². The number of benzene rings is 3. The van der Waals surface area contributed by atoms with Crippen LogP contribution in [0.5, 0.6) is 5.75 Å². The summed E-state index contributed by atoms with van der Waals surface area (Å²) in [5.41, 5.74) is 7.91. The van der Waals surface area contributed by atoms with Gasteiger partial charge >= 0.3 is 0 Å². The minimum atomic E-state index is -0.466. The monoisotopic (exact) mass is 560 g/mol. The Kier molecular flexibility index (Phi) is 10.8. The first kappa shape index (κ1) is 30.3. The molecule has 0 saturated heterocycles. The second-order valence-electron chi connectivity index (χ2n) is 10.3. The smallest absolute Gasteiger partial charge is 0.269 e. The fraction of sp³-hybridized carbons (Fsp3) is 0.290. The summed E-state index contributed by atoms with van der Waals surface area (Å²) < 4.78 is 5.75. The normalized spacial score (nSPS) is 10.8. The van der Waals surface area contributed by atoms with Gasteiger partial charge in [-0.15, -0.1) is 0 Å². The third-order valence-electron chi connectivity index (χ3n) is 6.07. The number of hydrazine groups is 1. The second-order valence-corrected chi connectivity index (χ2v) is 10.7. The summed E-state index contributed by atoms with van der Waals surface area (Å²) in [6.07, 6.45) is 3.02. The highest BCUT2D eigenvalue weighted by Crippen LogP contribution is 2.22. The molecule has 0 fully saturated rings. The quantitative estimate of drug-likeness (QED) is 0.151. The lowest BCUT2D eigenvalue weighted by Crippen LogP contribution is -2.48. The largest absolute Gasteiger partial charge is 0.493 e. The van der Waals surface area contributed by atoms with Crippen molar-refractivity contribution >= 4 is 40.7 Å². The molecule has 0 atom stereocenters. The molecule has 0 saturated carbocycles. The highest BCUT2D eigenvalue weighted by molar-refractivity contribution is 7.80. The molecule has 0 aliphatic heterocycles. The molecule has 8 nitrogen and oxygen atoms in total. The van der Waals surface area contributed by atoms with E-state index < -0.39 is 11.8 Å². The molecule has 0 unspecified atom stereocenters. The summed E-state index contributed by atoms with van der Waals surface area (Å²) in [5.74, 6) is -0.691. The van der Waals surface area contributed by atoms with Gasteiger partial charge in [0, 0.05) is 16.8 Å². The zero-order chi connectivity index (χ0) is 29.1. The van der Waals surface area contributed by atoms with Gasteiger partial charge in [0.05, 0.1) is 12.2 Å². The van der Waals surface area contributed by atoms with E-state index in [2.05, 4.69) is 49.2 Å². The highest BCUT2D eigenvalue weighted by Gasteiger charge is 2.16. The van der Waals surface area contributed by atoms with Gasteiger partial charge in [-0.05, 0) is 78.1 Å². The molecule has 3 aromatic carbocycles. The standard InChI is InChI=1S/C31H36N4O4S/c1-5-6-9-20-39-26-11-8-7-10-25(26)29(38)33-30(40)35-34-28(37)22-14-18-24(19-15-22)32-27(36)21-12-16-23(17-13-21)31(2,3)4/h7-8,10-19H,5-6,9,20H2,1-4H3,(H,32,36)(H,34,37)(H2,33,35,38,40). The molecule has 40 heavy (non-hydrogen) atoms. The molecule has 0 bridgehead atoms. The van der Waals surface area contributed by atoms with Crippen molar-refractivity contribution in [2.24, 2.45) is 0 Å². The van der Waals surface area contributed by atoms with Gasteiger partial charge in [0.25, 0.3) is 17.7 Å². The van der Waals surface area contributed by atoms with Crippen LogP contribution in [0.3, 0.4) is 0 Å². The lowest BCUT2D eigenvalue weighted by atomic mass is 9.87. The number of hydrogen-bond acceptors (Lipinski definition) is 5. The minimum Gasteiger partial charge on any atom is -0.493 e. The highest BCUT2D eigenvalue weighted by atomic mass is 32.1. The van der Waals surface area contributed by atoms with E-state index in [0.29, 0.717) is 34.7 Å². The first-order valence-electron chi connectivity index (χ1n) is 13.2. The molecule has 3 aromatic rings. The second kappa shape index (κ2) is 14.2. The Morgan fingerprint density at radius 1 is 0.775 bits per heavy atom. The van der Waals surface area contributed by atoms with Gasteiger partial charge in [0.15, 0.2) is 5.11 Å². The summed E-state index contributed by atoms with van der Waals surface area (Å²) >= 11 is 5.16. The Bertz CT molecular complexity index is 1330. The van der Waals surface area contributed by atoms with Gasteiger partial charge in [0.1, 0.15) is 5.75 Å². The van der Waals surface area contributed by atoms with Crippen molar-refractivity contribution in [3.05, 3.63) is 95.1 Å². The van der Waals surface area contributed by atoms with Gasteiger partial charge in [-0.2, -0.15) is 0 Å². The molecular formula is C31H36N4O4S. The summed E-state index contributed by atoms with van der Waals surface area (Å²) in [5, 5.41) is 5.30. The van der Waals surface area contributed by atoms with E-state index in [1.165, 1.54) is 0 Å². The van der Waals surface area contributed by atoms with E-state index in [9.17, 15) is 14.4 Å². The lowest BCUT2D eigenvalue weighted by Gasteiger charge is -2.19. The summed E-state index contributed by atoms with van der Waals surface area (Å²) in [6, 6.07) is 20.8. The van der Waals surface area contributed by atoms with Crippen molar-refractivity contribution in [1.82, 2.24) is 16.2 Å². The van der Waals surface area contributed by atoms with Crippen molar-refractivity contribution in [3.8, 4) is 5.75 Å². The Hall–Kier alpha value is -4.24. The van der Waals surface area contributed by atoms with Crippen LogP contribution in [0.15, 0.2) is 72.8 Å². The average Bonchev–Trinajstić information content (AvgIpc) is 2.94. The van der Waals surface area contributed by atoms with Gasteiger partial charge < -0.3 is 10.1 Å². The van der Waals surface area contributed by atoms with Crippen LogP contribution in [0.25, 0.3) is 0 Å². The average molecular weight is 561 g/mol. The first-order valence-corrected chi connectivity index (χ1v) is 13.6. The number of nitrogens with one attached hydrogen (secondary N) is 4. The number of carbonyl (C=O) groups is 3. The van der Waals surface area contributed by atoms with Crippen molar-refractivity contribution < 1.29 is 19.1 Å². The molecule has 9 heteroatoms. The Morgan fingerprint density at radius 3 is 2.05 bits per heavy atom. The molecule has 0 aliphatic rings. The number of para-hydroxylation sites is 1. The number of ether oxygens (including phenoxy) is 1. The van der Waals surface area contributed by atoms with Crippen LogP contribution in [-0.4, -0.2) is 29.4 Å². The lowest BCUT2D eigenvalue weighted by molar-refractivity contribution is 0.0933. The predicted octanol–water partition coefficient (Wildman–Crippen LogP) is 5.75. The first-order chi connectivity index (χ1) is 19.1. The van der Waals surface area contributed by atoms with E-state index in [1.54, 1.807) is 60.7 Å². The van der Waals surface area contributed by atoms with Gasteiger partial charge in [-0.1, -0.05) is 64.8 Å². The number of hydrogen-bond donors (Lipinski definition) is 4.